The predicted molar refractivity (Wildman–Crippen MR) is 67.3 cm³/mol. The van der Waals surface area contributed by atoms with Gasteiger partial charge >= 0.3 is 11.7 Å². The number of carbonyl (C=O) groups is 1. The van der Waals surface area contributed by atoms with Gasteiger partial charge < -0.3 is 5.11 Å². The van der Waals surface area contributed by atoms with E-state index in [1.54, 1.807) is 0 Å². The minimum absolute atomic E-state index is 0.0971. The predicted octanol–water partition coefficient (Wildman–Crippen LogP) is 1.34. The molecular formula is C10H11FN2O6S. The van der Waals surface area contributed by atoms with Crippen molar-refractivity contribution in [2.24, 2.45) is 0 Å². The number of hydrogen-bond acceptors (Lipinski definition) is 5. The first-order valence-electron chi connectivity index (χ1n) is 5.37. The van der Waals surface area contributed by atoms with Crippen LogP contribution >= 0.6 is 0 Å². The number of nitrogens with zero attached hydrogens (tertiary/aromatic N) is 1. The van der Waals surface area contributed by atoms with Gasteiger partial charge in [0.2, 0.25) is 15.8 Å². The zero-order chi connectivity index (χ0) is 15.3. The molecule has 0 aliphatic rings. The molecule has 0 fully saturated rings. The Bertz CT molecular complexity index is 631. The molecule has 8 nitrogen and oxygen atoms in total. The van der Waals surface area contributed by atoms with E-state index in [2.05, 4.69) is 0 Å². The summed E-state index contributed by atoms with van der Waals surface area (Å²) in [5.41, 5.74) is -0.928. The maximum Gasteiger partial charge on any atom is 0.304 e. The molecule has 10 heteroatoms. The minimum Gasteiger partial charge on any atom is -0.481 e. The molecule has 110 valence electrons. The molecule has 20 heavy (non-hydrogen) atoms. The number of hydrogen-bond donors (Lipinski definition) is 2. The quantitative estimate of drug-likeness (QED) is 0.578. The summed E-state index contributed by atoms with van der Waals surface area (Å²) in [6.45, 7) is 0. The molecule has 0 atom stereocenters. The molecule has 0 spiro atoms. The van der Waals surface area contributed by atoms with E-state index in [-0.39, 0.29) is 18.5 Å². The summed E-state index contributed by atoms with van der Waals surface area (Å²) in [6, 6.07) is 2.58. The Morgan fingerprint density at radius 1 is 1.45 bits per heavy atom. The Morgan fingerprint density at radius 3 is 2.60 bits per heavy atom. The first kappa shape index (κ1) is 15.8. The molecule has 0 bridgehead atoms. The van der Waals surface area contributed by atoms with Crippen molar-refractivity contribution in [2.75, 3.05) is 10.5 Å². The summed E-state index contributed by atoms with van der Waals surface area (Å²) in [4.78, 5) is 19.7. The van der Waals surface area contributed by atoms with Crippen molar-refractivity contribution in [3.8, 4) is 0 Å². The summed E-state index contributed by atoms with van der Waals surface area (Å²) in [5, 5.41) is 18.8. The average Bonchev–Trinajstić information content (AvgIpc) is 2.26. The smallest absolute Gasteiger partial charge is 0.304 e. The van der Waals surface area contributed by atoms with Crippen molar-refractivity contribution in [1.82, 2.24) is 0 Å². The van der Waals surface area contributed by atoms with E-state index in [1.807, 2.05) is 4.72 Å². The second-order valence-electron chi connectivity index (χ2n) is 3.84. The van der Waals surface area contributed by atoms with Crippen molar-refractivity contribution in [3.63, 3.8) is 0 Å². The van der Waals surface area contributed by atoms with Gasteiger partial charge in [-0.25, -0.2) is 8.42 Å². The SMILES string of the molecule is O=C(O)CCCS(=O)(=O)Nc1ccc([N+](=O)[O-])c(F)c1. The molecule has 1 rings (SSSR count). The maximum atomic E-state index is 13.3. The molecule has 1 aromatic rings. The van der Waals surface area contributed by atoms with Gasteiger partial charge in [0.05, 0.1) is 16.4 Å². The van der Waals surface area contributed by atoms with Gasteiger partial charge in [-0.05, 0) is 12.5 Å². The van der Waals surface area contributed by atoms with Crippen molar-refractivity contribution in [3.05, 3.63) is 34.1 Å². The van der Waals surface area contributed by atoms with Crippen molar-refractivity contribution in [1.29, 1.82) is 0 Å². The van der Waals surface area contributed by atoms with Gasteiger partial charge in [-0.1, -0.05) is 0 Å². The largest absolute Gasteiger partial charge is 0.481 e. The van der Waals surface area contributed by atoms with Gasteiger partial charge in [-0.3, -0.25) is 19.6 Å². The summed E-state index contributed by atoms with van der Waals surface area (Å²) in [5.74, 6) is -2.74. The van der Waals surface area contributed by atoms with E-state index in [0.717, 1.165) is 12.1 Å². The summed E-state index contributed by atoms with van der Waals surface area (Å²) in [7, 11) is -3.83. The molecule has 0 unspecified atom stereocenters. The number of sulfonamides is 1. The fraction of sp³-hybridized carbons (Fsp3) is 0.300. The van der Waals surface area contributed by atoms with Gasteiger partial charge in [0, 0.05) is 18.6 Å². The highest BCUT2D eigenvalue weighted by molar-refractivity contribution is 7.92. The van der Waals surface area contributed by atoms with Crippen LogP contribution in [0.15, 0.2) is 18.2 Å². The van der Waals surface area contributed by atoms with Crippen molar-refractivity contribution >= 4 is 27.4 Å². The summed E-state index contributed by atoms with van der Waals surface area (Å²) >= 11 is 0. The molecule has 0 aliphatic heterocycles. The number of nitrogens with one attached hydrogen (secondary N) is 1. The van der Waals surface area contributed by atoms with Crippen LogP contribution in [0.2, 0.25) is 0 Å². The van der Waals surface area contributed by atoms with Crippen LogP contribution in [-0.2, 0) is 14.8 Å². The molecule has 0 radical (unpaired) electrons. The van der Waals surface area contributed by atoms with Crippen LogP contribution in [0.4, 0.5) is 15.8 Å². The monoisotopic (exact) mass is 306 g/mol. The van der Waals surface area contributed by atoms with E-state index >= 15 is 0 Å². The standard InChI is InChI=1S/C10H11FN2O6S/c11-8-6-7(3-4-9(8)13(16)17)12-20(18,19)5-1-2-10(14)15/h3-4,6,12H,1-2,5H2,(H,14,15). The molecule has 0 aliphatic carbocycles. The number of nitro benzene ring substituents is 1. The second kappa shape index (κ2) is 6.28. The zero-order valence-electron chi connectivity index (χ0n) is 10.1. The van der Waals surface area contributed by atoms with Crippen LogP contribution < -0.4 is 4.72 Å². The molecule has 2 N–H and O–H groups in total. The normalized spacial score (nSPS) is 11.1. The molecule has 1 aromatic carbocycles. The first-order valence-corrected chi connectivity index (χ1v) is 7.03. The van der Waals surface area contributed by atoms with Crippen LogP contribution in [0.25, 0.3) is 0 Å². The fourth-order valence-electron chi connectivity index (χ4n) is 1.36. The Balaban J connectivity index is 2.75. The van der Waals surface area contributed by atoms with Crippen LogP contribution in [0.5, 0.6) is 0 Å². The highest BCUT2D eigenvalue weighted by atomic mass is 32.2. The number of benzene rings is 1. The molecule has 0 saturated heterocycles. The van der Waals surface area contributed by atoms with Gasteiger partial charge in [-0.2, -0.15) is 4.39 Å². The summed E-state index contributed by atoms with van der Waals surface area (Å²) in [6.07, 6.45) is -0.407. The van der Waals surface area contributed by atoms with E-state index in [9.17, 15) is 27.7 Å². The van der Waals surface area contributed by atoms with Crippen molar-refractivity contribution < 1.29 is 27.6 Å². The first-order chi connectivity index (χ1) is 9.21. The lowest BCUT2D eigenvalue weighted by Gasteiger charge is -2.07. The second-order valence-corrected chi connectivity index (χ2v) is 5.68. The van der Waals surface area contributed by atoms with Gasteiger partial charge in [0.25, 0.3) is 0 Å². The lowest BCUT2D eigenvalue weighted by atomic mass is 10.3. The number of carboxylic acids is 1. The Hall–Kier alpha value is -2.23. The Kier molecular flexibility index (Phi) is 4.97. The number of carboxylic acid groups (broad SMARTS) is 1. The van der Waals surface area contributed by atoms with E-state index in [4.69, 9.17) is 5.11 Å². The number of halogens is 1. The molecule has 0 amide bonds. The molecule has 0 aromatic heterocycles. The van der Waals surface area contributed by atoms with Crippen molar-refractivity contribution in [2.45, 2.75) is 12.8 Å². The molecule has 0 saturated carbocycles. The van der Waals surface area contributed by atoms with Crippen LogP contribution in [0, 0.1) is 15.9 Å². The highest BCUT2D eigenvalue weighted by Gasteiger charge is 2.16. The third-order valence-electron chi connectivity index (χ3n) is 2.22. The van der Waals surface area contributed by atoms with E-state index in [1.165, 1.54) is 0 Å². The van der Waals surface area contributed by atoms with E-state index in [0.29, 0.717) is 6.07 Å². The van der Waals surface area contributed by atoms with E-state index < -0.39 is 38.2 Å². The Labute approximate surface area is 113 Å². The van der Waals surface area contributed by atoms with Crippen LogP contribution in [-0.4, -0.2) is 30.2 Å². The fourth-order valence-corrected chi connectivity index (χ4v) is 2.47. The topological polar surface area (TPSA) is 127 Å². The number of aliphatic carboxylic acids is 1. The highest BCUT2D eigenvalue weighted by Crippen LogP contribution is 2.21. The minimum atomic E-state index is -3.83. The number of anilines is 1. The molecular weight excluding hydrogens is 295 g/mol. The summed E-state index contributed by atoms with van der Waals surface area (Å²) < 4.78 is 38.4. The third-order valence-corrected chi connectivity index (χ3v) is 3.59. The van der Waals surface area contributed by atoms with Crippen LogP contribution in [0.3, 0.4) is 0 Å². The average molecular weight is 306 g/mol. The maximum absolute atomic E-state index is 13.3. The van der Waals surface area contributed by atoms with Crippen LogP contribution in [0.1, 0.15) is 12.8 Å². The zero-order valence-corrected chi connectivity index (χ0v) is 10.9. The van der Waals surface area contributed by atoms with Gasteiger partial charge in [-0.15, -0.1) is 0 Å². The van der Waals surface area contributed by atoms with Gasteiger partial charge in [0.1, 0.15) is 0 Å². The Morgan fingerprint density at radius 2 is 2.10 bits per heavy atom. The van der Waals surface area contributed by atoms with Gasteiger partial charge in [0.15, 0.2) is 0 Å². The lowest BCUT2D eigenvalue weighted by molar-refractivity contribution is -0.387. The number of rotatable bonds is 7. The lowest BCUT2D eigenvalue weighted by Crippen LogP contribution is -2.17. The number of nitro groups is 1. The third kappa shape index (κ3) is 4.80. The molecule has 0 heterocycles.